The third kappa shape index (κ3) is 3.18. The van der Waals surface area contributed by atoms with Crippen LogP contribution in [-0.4, -0.2) is 46.7 Å². The molecule has 2 saturated heterocycles. The highest BCUT2D eigenvalue weighted by atomic mass is 79.9. The molecule has 1 N–H and O–H groups in total. The van der Waals surface area contributed by atoms with E-state index in [2.05, 4.69) is 21.2 Å². The van der Waals surface area contributed by atoms with Gasteiger partial charge in [-0.25, -0.2) is 0 Å². The third-order valence-corrected chi connectivity index (χ3v) is 8.30. The summed E-state index contributed by atoms with van der Waals surface area (Å²) >= 11 is 3.64. The number of rotatable bonds is 3. The molecule has 1 aromatic carbocycles. The molecule has 0 spiro atoms. The highest BCUT2D eigenvalue weighted by Gasteiger charge is 2.67. The van der Waals surface area contributed by atoms with E-state index < -0.39 is 0 Å². The molecule has 6 atom stereocenters. The molecule has 29 heavy (non-hydrogen) atoms. The molecular formula is C22H25BrN2O4. The van der Waals surface area contributed by atoms with Crippen LogP contribution in [0.3, 0.4) is 0 Å². The molecule has 4 fully saturated rings. The van der Waals surface area contributed by atoms with Crippen LogP contribution >= 0.6 is 15.9 Å². The SMILES string of the molecule is O=C(Nc1cccc(C(=O)N2CCCCCC2)c1)[C@@H]1[C@H]2C[C@H]3[C@H](OC(=O)[C@@H]31)[C@@H]2Br. The Morgan fingerprint density at radius 3 is 2.62 bits per heavy atom. The summed E-state index contributed by atoms with van der Waals surface area (Å²) in [6, 6.07) is 7.15. The van der Waals surface area contributed by atoms with Gasteiger partial charge in [0.15, 0.2) is 0 Å². The van der Waals surface area contributed by atoms with Gasteiger partial charge in [0.2, 0.25) is 5.91 Å². The van der Waals surface area contributed by atoms with Crippen LogP contribution in [0.25, 0.3) is 0 Å². The molecule has 1 aromatic rings. The lowest BCUT2D eigenvalue weighted by Gasteiger charge is -2.27. The number of alkyl halides is 1. The molecule has 2 bridgehead atoms. The number of halogens is 1. The van der Waals surface area contributed by atoms with E-state index >= 15 is 0 Å². The zero-order chi connectivity index (χ0) is 20.1. The minimum Gasteiger partial charge on any atom is -0.461 e. The number of nitrogens with zero attached hydrogens (tertiary/aromatic N) is 1. The fraction of sp³-hybridized carbons (Fsp3) is 0.591. The fourth-order valence-electron chi connectivity index (χ4n) is 5.74. The second-order valence-electron chi connectivity index (χ2n) is 8.74. The van der Waals surface area contributed by atoms with Crippen molar-refractivity contribution in [3.63, 3.8) is 0 Å². The molecule has 0 radical (unpaired) electrons. The van der Waals surface area contributed by atoms with Gasteiger partial charge in [0.25, 0.3) is 5.91 Å². The number of amides is 2. The lowest BCUT2D eigenvalue weighted by molar-refractivity contribution is -0.145. The van der Waals surface area contributed by atoms with Gasteiger partial charge in [0, 0.05) is 30.3 Å². The predicted octanol–water partition coefficient (Wildman–Crippen LogP) is 3.21. The van der Waals surface area contributed by atoms with Crippen LogP contribution < -0.4 is 5.32 Å². The van der Waals surface area contributed by atoms with E-state index in [9.17, 15) is 14.4 Å². The average molecular weight is 461 g/mol. The van der Waals surface area contributed by atoms with Gasteiger partial charge in [0.05, 0.1) is 16.7 Å². The quantitative estimate of drug-likeness (QED) is 0.554. The van der Waals surface area contributed by atoms with Gasteiger partial charge in [-0.15, -0.1) is 0 Å². The van der Waals surface area contributed by atoms with E-state index in [1.165, 1.54) is 12.8 Å². The fourth-order valence-corrected chi connectivity index (χ4v) is 6.79. The van der Waals surface area contributed by atoms with Crippen LogP contribution in [0.4, 0.5) is 5.69 Å². The smallest absolute Gasteiger partial charge is 0.310 e. The monoisotopic (exact) mass is 460 g/mol. The molecule has 2 saturated carbocycles. The van der Waals surface area contributed by atoms with Crippen LogP contribution in [0.15, 0.2) is 24.3 Å². The van der Waals surface area contributed by atoms with Gasteiger partial charge in [-0.3, -0.25) is 14.4 Å². The Morgan fingerprint density at radius 2 is 1.86 bits per heavy atom. The number of anilines is 1. The first kappa shape index (κ1) is 19.1. The molecule has 6 nitrogen and oxygen atoms in total. The Hall–Kier alpha value is -1.89. The van der Waals surface area contributed by atoms with Gasteiger partial charge < -0.3 is 15.0 Å². The number of hydrogen-bond acceptors (Lipinski definition) is 4. The van der Waals surface area contributed by atoms with Crippen molar-refractivity contribution in [3.8, 4) is 0 Å². The number of carbonyl (C=O) groups excluding carboxylic acids is 3. The van der Waals surface area contributed by atoms with Crippen LogP contribution in [-0.2, 0) is 14.3 Å². The molecule has 5 rings (SSSR count). The van der Waals surface area contributed by atoms with Crippen LogP contribution in [0.5, 0.6) is 0 Å². The standard InChI is InChI=1S/C22H25BrN2O4/c23-18-14-11-15-17(22(28)29-19(15)18)16(14)20(26)24-13-7-5-6-12(10-13)21(27)25-8-3-1-2-4-9-25/h5-7,10,14-19H,1-4,8-9,11H2,(H,24,26)/t14-,15-,16-,17+,18-,19+/m1/s1. The lowest BCUT2D eigenvalue weighted by Crippen LogP contribution is -2.40. The summed E-state index contributed by atoms with van der Waals surface area (Å²) < 4.78 is 5.49. The number of ether oxygens (including phenoxy) is 1. The van der Waals surface area contributed by atoms with E-state index in [1.807, 2.05) is 4.90 Å². The van der Waals surface area contributed by atoms with Crippen LogP contribution in [0.1, 0.15) is 42.5 Å². The highest BCUT2D eigenvalue weighted by Crippen LogP contribution is 2.60. The molecule has 2 aliphatic carbocycles. The second-order valence-corrected chi connectivity index (χ2v) is 9.79. The number of hydrogen-bond donors (Lipinski definition) is 1. The highest BCUT2D eigenvalue weighted by molar-refractivity contribution is 9.09. The zero-order valence-corrected chi connectivity index (χ0v) is 17.8. The Bertz CT molecular complexity index is 851. The number of likely N-dealkylation sites (tertiary alicyclic amines) is 1. The van der Waals surface area contributed by atoms with E-state index in [0.29, 0.717) is 11.3 Å². The summed E-state index contributed by atoms with van der Waals surface area (Å²) in [6.45, 7) is 1.58. The summed E-state index contributed by atoms with van der Waals surface area (Å²) in [5, 5.41) is 2.96. The number of nitrogens with one attached hydrogen (secondary N) is 1. The normalized spacial score (nSPS) is 35.3. The van der Waals surface area contributed by atoms with Gasteiger partial charge in [-0.05, 0) is 43.4 Å². The summed E-state index contributed by atoms with van der Waals surface area (Å²) in [7, 11) is 0. The van der Waals surface area contributed by atoms with Gasteiger partial charge in [-0.2, -0.15) is 0 Å². The summed E-state index contributed by atoms with van der Waals surface area (Å²) in [5.41, 5.74) is 1.20. The van der Waals surface area contributed by atoms with E-state index in [1.54, 1.807) is 24.3 Å². The molecule has 0 aromatic heterocycles. The topological polar surface area (TPSA) is 75.7 Å². The van der Waals surface area contributed by atoms with Gasteiger partial charge in [-0.1, -0.05) is 34.8 Å². The molecule has 4 aliphatic rings. The second kappa shape index (κ2) is 7.42. The molecular weight excluding hydrogens is 436 g/mol. The third-order valence-electron chi connectivity index (χ3n) is 7.10. The average Bonchev–Trinajstić information content (AvgIpc) is 3.22. The maximum Gasteiger partial charge on any atom is 0.310 e. The maximum absolute atomic E-state index is 13.1. The number of fused-ring (bicyclic) bond motifs is 1. The van der Waals surface area contributed by atoms with E-state index in [4.69, 9.17) is 4.74 Å². The Balaban J connectivity index is 1.31. The van der Waals surface area contributed by atoms with E-state index in [-0.39, 0.29) is 52.4 Å². The van der Waals surface area contributed by atoms with Crippen LogP contribution in [0.2, 0.25) is 0 Å². The number of esters is 1. The van der Waals surface area contributed by atoms with Crippen LogP contribution in [0, 0.1) is 23.7 Å². The summed E-state index contributed by atoms with van der Waals surface area (Å²) in [5.74, 6) is -0.822. The molecule has 2 amide bonds. The van der Waals surface area contributed by atoms with Gasteiger partial charge in [0.1, 0.15) is 6.10 Å². The van der Waals surface area contributed by atoms with Crippen molar-refractivity contribution >= 4 is 39.4 Å². The first-order valence-corrected chi connectivity index (χ1v) is 11.5. The predicted molar refractivity (Wildman–Crippen MR) is 111 cm³/mol. The van der Waals surface area contributed by atoms with Crippen molar-refractivity contribution in [1.82, 2.24) is 4.90 Å². The van der Waals surface area contributed by atoms with Crippen molar-refractivity contribution in [3.05, 3.63) is 29.8 Å². The molecule has 7 heteroatoms. The summed E-state index contributed by atoms with van der Waals surface area (Å²) in [6.07, 6.45) is 5.18. The Kier molecular flexibility index (Phi) is 4.88. The molecule has 0 unspecified atom stereocenters. The first-order valence-electron chi connectivity index (χ1n) is 10.6. The van der Waals surface area contributed by atoms with Crippen molar-refractivity contribution in [2.24, 2.45) is 23.7 Å². The van der Waals surface area contributed by atoms with Crippen molar-refractivity contribution < 1.29 is 19.1 Å². The Morgan fingerprint density at radius 1 is 1.10 bits per heavy atom. The molecule has 2 aliphatic heterocycles. The molecule has 154 valence electrons. The van der Waals surface area contributed by atoms with E-state index in [0.717, 1.165) is 32.4 Å². The maximum atomic E-state index is 13.1. The minimum atomic E-state index is -0.374. The number of benzene rings is 1. The molecule has 2 heterocycles. The van der Waals surface area contributed by atoms with Crippen molar-refractivity contribution in [1.29, 1.82) is 0 Å². The number of carbonyl (C=O) groups is 3. The lowest BCUT2D eigenvalue weighted by atomic mass is 9.79. The summed E-state index contributed by atoms with van der Waals surface area (Å²) in [4.78, 5) is 40.2. The largest absolute Gasteiger partial charge is 0.461 e. The zero-order valence-electron chi connectivity index (χ0n) is 16.2. The van der Waals surface area contributed by atoms with Gasteiger partial charge >= 0.3 is 5.97 Å². The minimum absolute atomic E-state index is 0.0191. The van der Waals surface area contributed by atoms with Crippen molar-refractivity contribution in [2.45, 2.75) is 43.0 Å². The van der Waals surface area contributed by atoms with Crippen molar-refractivity contribution in [2.75, 3.05) is 18.4 Å². The Labute approximate surface area is 178 Å². The first-order chi connectivity index (χ1) is 14.0.